The number of hydrogen-bond donors (Lipinski definition) is 0. The first-order chi connectivity index (χ1) is 13.6. The van der Waals surface area contributed by atoms with Crippen LogP contribution in [0.3, 0.4) is 0 Å². The van der Waals surface area contributed by atoms with Crippen LogP contribution in [0.1, 0.15) is 57.2 Å². The number of rotatable bonds is 5. The third-order valence-corrected chi connectivity index (χ3v) is 6.70. The maximum atomic E-state index is 13.0. The van der Waals surface area contributed by atoms with Crippen LogP contribution in [-0.2, 0) is 14.8 Å². The largest absolute Gasteiger partial charge is 0.497 e. The molecule has 0 bridgehead atoms. The predicted octanol–water partition coefficient (Wildman–Crippen LogP) is 3.39. The van der Waals surface area contributed by atoms with E-state index in [-0.39, 0.29) is 16.4 Å². The summed E-state index contributed by atoms with van der Waals surface area (Å²) in [7, 11) is -2.73. The topological polar surface area (TPSA) is 90.0 Å². The highest BCUT2D eigenvalue weighted by atomic mass is 32.2. The van der Waals surface area contributed by atoms with Gasteiger partial charge in [-0.05, 0) is 42.5 Å². The molecule has 0 N–H and O–H groups in total. The van der Waals surface area contributed by atoms with Gasteiger partial charge in [0.05, 0.1) is 18.2 Å². The molecule has 0 spiro atoms. The van der Waals surface area contributed by atoms with Gasteiger partial charge in [0.1, 0.15) is 10.6 Å². The van der Waals surface area contributed by atoms with Crippen LogP contribution in [0.15, 0.2) is 35.2 Å². The smallest absolute Gasteiger partial charge is 0.340 e. The lowest BCUT2D eigenvalue weighted by molar-refractivity contribution is 0.0356. The van der Waals surface area contributed by atoms with E-state index in [2.05, 4.69) is 0 Å². The molecule has 1 amide bonds. The van der Waals surface area contributed by atoms with E-state index in [0.29, 0.717) is 32.3 Å². The SMILES string of the molecule is COc1cc(C(C)C)c2c(c1)S(=O)(=O)N(COC(=O)c1c(C)cccc1C)C2=O. The molecule has 3 rings (SSSR count). The van der Waals surface area contributed by atoms with E-state index in [9.17, 15) is 18.0 Å². The summed E-state index contributed by atoms with van der Waals surface area (Å²) in [5.41, 5.74) is 2.44. The quantitative estimate of drug-likeness (QED) is 0.693. The summed E-state index contributed by atoms with van der Waals surface area (Å²) in [6.45, 7) is 6.55. The Balaban J connectivity index is 1.95. The van der Waals surface area contributed by atoms with Gasteiger partial charge in [-0.1, -0.05) is 32.0 Å². The molecule has 2 aromatic rings. The first kappa shape index (κ1) is 20.9. The molecule has 0 aliphatic carbocycles. The monoisotopic (exact) mass is 417 g/mol. The maximum absolute atomic E-state index is 13.0. The second-order valence-corrected chi connectivity index (χ2v) is 9.06. The van der Waals surface area contributed by atoms with Crippen LogP contribution in [0.5, 0.6) is 5.75 Å². The molecule has 0 saturated heterocycles. The normalized spacial score (nSPS) is 14.8. The fourth-order valence-corrected chi connectivity index (χ4v) is 4.89. The summed E-state index contributed by atoms with van der Waals surface area (Å²) in [6.07, 6.45) is 0. The molecule has 0 saturated carbocycles. The molecular weight excluding hydrogens is 394 g/mol. The first-order valence-corrected chi connectivity index (χ1v) is 10.6. The standard InChI is InChI=1S/C21H23NO6S/c1-12(2)16-9-15(27-5)10-17-19(16)20(23)22(29(17,25)26)11-28-21(24)18-13(3)7-6-8-14(18)4/h6-10,12H,11H2,1-5H3. The first-order valence-electron chi connectivity index (χ1n) is 9.12. The van der Waals surface area contributed by atoms with E-state index in [1.165, 1.54) is 13.2 Å². The molecular formula is C21H23NO6S. The fourth-order valence-electron chi connectivity index (χ4n) is 3.42. The molecule has 8 heteroatoms. The molecule has 154 valence electrons. The summed E-state index contributed by atoms with van der Waals surface area (Å²) < 4.78 is 37.0. The number of fused-ring (bicyclic) bond motifs is 1. The van der Waals surface area contributed by atoms with Crippen molar-refractivity contribution in [3.05, 3.63) is 58.1 Å². The zero-order valence-corrected chi connectivity index (χ0v) is 17.8. The molecule has 1 heterocycles. The zero-order chi connectivity index (χ0) is 21.5. The number of carbonyl (C=O) groups is 2. The van der Waals surface area contributed by atoms with E-state index in [0.717, 1.165) is 0 Å². The van der Waals surface area contributed by atoms with Gasteiger partial charge >= 0.3 is 5.97 Å². The highest BCUT2D eigenvalue weighted by molar-refractivity contribution is 7.90. The number of ether oxygens (including phenoxy) is 2. The van der Waals surface area contributed by atoms with Crippen LogP contribution in [-0.4, -0.2) is 38.4 Å². The molecule has 0 unspecified atom stereocenters. The number of sulfonamides is 1. The molecule has 0 aromatic heterocycles. The Hall–Kier alpha value is -2.87. The number of aryl methyl sites for hydroxylation is 2. The van der Waals surface area contributed by atoms with Crippen LogP contribution in [0.4, 0.5) is 0 Å². The van der Waals surface area contributed by atoms with Crippen molar-refractivity contribution in [2.75, 3.05) is 13.8 Å². The Labute approximate surface area is 170 Å². The van der Waals surface area contributed by atoms with E-state index >= 15 is 0 Å². The summed E-state index contributed by atoms with van der Waals surface area (Å²) in [6, 6.07) is 8.31. The van der Waals surface area contributed by atoms with Gasteiger partial charge in [-0.3, -0.25) is 4.79 Å². The number of benzene rings is 2. The number of nitrogens with zero attached hydrogens (tertiary/aromatic N) is 1. The van der Waals surface area contributed by atoms with Gasteiger partial charge in [0.15, 0.2) is 6.73 Å². The second-order valence-electron chi connectivity index (χ2n) is 7.23. The van der Waals surface area contributed by atoms with Gasteiger partial charge in [0.2, 0.25) is 0 Å². The minimum absolute atomic E-state index is 0.101. The average molecular weight is 417 g/mol. The average Bonchev–Trinajstić information content (AvgIpc) is 2.84. The highest BCUT2D eigenvalue weighted by Crippen LogP contribution is 2.38. The minimum atomic E-state index is -4.16. The van der Waals surface area contributed by atoms with Gasteiger partial charge in [0, 0.05) is 6.07 Å². The number of methoxy groups -OCH3 is 1. The highest BCUT2D eigenvalue weighted by Gasteiger charge is 2.44. The maximum Gasteiger partial charge on any atom is 0.340 e. The van der Waals surface area contributed by atoms with Crippen LogP contribution in [0.25, 0.3) is 0 Å². The molecule has 7 nitrogen and oxygen atoms in total. The molecule has 1 aliphatic rings. The van der Waals surface area contributed by atoms with Crippen molar-refractivity contribution >= 4 is 21.9 Å². The summed E-state index contributed by atoms with van der Waals surface area (Å²) in [5.74, 6) is -1.14. The van der Waals surface area contributed by atoms with Gasteiger partial charge in [-0.2, -0.15) is 4.31 Å². The molecule has 1 aliphatic heterocycles. The minimum Gasteiger partial charge on any atom is -0.497 e. The van der Waals surface area contributed by atoms with Gasteiger partial charge in [0.25, 0.3) is 15.9 Å². The Morgan fingerprint density at radius 2 is 1.76 bits per heavy atom. The second kappa shape index (κ2) is 7.51. The van der Waals surface area contributed by atoms with E-state index in [1.54, 1.807) is 32.0 Å². The van der Waals surface area contributed by atoms with Crippen molar-refractivity contribution < 1.29 is 27.5 Å². The van der Waals surface area contributed by atoms with E-state index in [1.807, 2.05) is 19.9 Å². The lowest BCUT2D eigenvalue weighted by Crippen LogP contribution is -2.33. The third kappa shape index (κ3) is 3.48. The van der Waals surface area contributed by atoms with Gasteiger partial charge in [-0.15, -0.1) is 0 Å². The van der Waals surface area contributed by atoms with Crippen molar-refractivity contribution in [2.24, 2.45) is 0 Å². The molecule has 0 radical (unpaired) electrons. The third-order valence-electron chi connectivity index (χ3n) is 4.97. The molecule has 0 atom stereocenters. The Kier molecular flexibility index (Phi) is 5.40. The molecule has 29 heavy (non-hydrogen) atoms. The Morgan fingerprint density at radius 3 is 2.31 bits per heavy atom. The van der Waals surface area contributed by atoms with E-state index in [4.69, 9.17) is 9.47 Å². The fraction of sp³-hybridized carbons (Fsp3) is 0.333. The van der Waals surface area contributed by atoms with Crippen molar-refractivity contribution in [2.45, 2.75) is 38.5 Å². The van der Waals surface area contributed by atoms with Crippen LogP contribution < -0.4 is 4.74 Å². The Bertz CT molecular complexity index is 1080. The number of carbonyl (C=O) groups excluding carboxylic acids is 2. The lowest BCUT2D eigenvalue weighted by atomic mass is 9.96. The number of esters is 1. The van der Waals surface area contributed by atoms with Crippen molar-refractivity contribution in [3.63, 3.8) is 0 Å². The van der Waals surface area contributed by atoms with Gasteiger partial charge < -0.3 is 9.47 Å². The molecule has 0 fully saturated rings. The zero-order valence-electron chi connectivity index (χ0n) is 17.0. The molecule has 2 aromatic carbocycles. The Morgan fingerprint density at radius 1 is 1.14 bits per heavy atom. The number of amides is 1. The van der Waals surface area contributed by atoms with Crippen molar-refractivity contribution in [1.29, 1.82) is 0 Å². The van der Waals surface area contributed by atoms with E-state index < -0.39 is 28.6 Å². The summed E-state index contributed by atoms with van der Waals surface area (Å²) in [5, 5.41) is 0. The van der Waals surface area contributed by atoms with Crippen LogP contribution >= 0.6 is 0 Å². The van der Waals surface area contributed by atoms with Crippen LogP contribution in [0.2, 0.25) is 0 Å². The predicted molar refractivity (Wildman–Crippen MR) is 107 cm³/mol. The van der Waals surface area contributed by atoms with Gasteiger partial charge in [-0.25, -0.2) is 13.2 Å². The summed E-state index contributed by atoms with van der Waals surface area (Å²) in [4.78, 5) is 25.3. The van der Waals surface area contributed by atoms with Crippen molar-refractivity contribution in [1.82, 2.24) is 4.31 Å². The van der Waals surface area contributed by atoms with Crippen molar-refractivity contribution in [3.8, 4) is 5.75 Å². The lowest BCUT2D eigenvalue weighted by Gasteiger charge is -2.16. The summed E-state index contributed by atoms with van der Waals surface area (Å²) >= 11 is 0. The number of hydrogen-bond acceptors (Lipinski definition) is 6. The van der Waals surface area contributed by atoms with Crippen LogP contribution in [0, 0.1) is 13.8 Å².